The standard InChI is InChI=1S/C30H29N3O4S/c1-20-10-9-13-25(18-20)33-38(36,37)28-19-24(17-16-21(28)2)29(34)32-27-15-8-7-14-26(27)30(35)31-22(3)23-11-5-4-6-12-23/h4-19,22,33H,1-3H3,(H,31,35)(H,32,34)/t22-/m1/s1. The third-order valence-corrected chi connectivity index (χ3v) is 7.60. The lowest BCUT2D eigenvalue weighted by Crippen LogP contribution is -2.28. The first-order valence-electron chi connectivity index (χ1n) is 12.1. The number of benzene rings is 4. The molecule has 0 bridgehead atoms. The van der Waals surface area contributed by atoms with E-state index in [0.717, 1.165) is 11.1 Å². The molecule has 0 aromatic heterocycles. The van der Waals surface area contributed by atoms with Crippen LogP contribution in [0.3, 0.4) is 0 Å². The molecular formula is C30H29N3O4S. The summed E-state index contributed by atoms with van der Waals surface area (Å²) < 4.78 is 28.8. The zero-order chi connectivity index (χ0) is 27.3. The highest BCUT2D eigenvalue weighted by atomic mass is 32.2. The van der Waals surface area contributed by atoms with Gasteiger partial charge in [-0.25, -0.2) is 8.42 Å². The fourth-order valence-electron chi connectivity index (χ4n) is 4.03. The second-order valence-corrected chi connectivity index (χ2v) is 10.7. The number of carbonyl (C=O) groups excluding carboxylic acids is 2. The third kappa shape index (κ3) is 6.27. The zero-order valence-corrected chi connectivity index (χ0v) is 22.2. The number of nitrogens with one attached hydrogen (secondary N) is 3. The van der Waals surface area contributed by atoms with Crippen molar-refractivity contribution in [3.63, 3.8) is 0 Å². The molecule has 0 aliphatic carbocycles. The smallest absolute Gasteiger partial charge is 0.262 e. The summed E-state index contributed by atoms with van der Waals surface area (Å²) in [5.74, 6) is -0.875. The molecule has 4 rings (SSSR count). The minimum Gasteiger partial charge on any atom is -0.345 e. The van der Waals surface area contributed by atoms with Gasteiger partial charge >= 0.3 is 0 Å². The predicted molar refractivity (Wildman–Crippen MR) is 150 cm³/mol. The van der Waals surface area contributed by atoms with Gasteiger partial charge in [-0.2, -0.15) is 0 Å². The van der Waals surface area contributed by atoms with E-state index in [4.69, 9.17) is 0 Å². The molecule has 7 nitrogen and oxygen atoms in total. The Hall–Kier alpha value is -4.43. The first-order chi connectivity index (χ1) is 18.1. The summed E-state index contributed by atoms with van der Waals surface area (Å²) >= 11 is 0. The number of hydrogen-bond acceptors (Lipinski definition) is 4. The summed E-state index contributed by atoms with van der Waals surface area (Å²) in [6.45, 7) is 5.42. The number of anilines is 2. The molecule has 1 atom stereocenters. The quantitative estimate of drug-likeness (QED) is 0.267. The van der Waals surface area contributed by atoms with Crippen LogP contribution in [0.2, 0.25) is 0 Å². The predicted octanol–water partition coefficient (Wildman–Crippen LogP) is 5.85. The van der Waals surface area contributed by atoms with E-state index in [0.29, 0.717) is 22.5 Å². The number of aryl methyl sites for hydroxylation is 2. The van der Waals surface area contributed by atoms with Crippen molar-refractivity contribution in [2.75, 3.05) is 10.0 Å². The molecule has 0 saturated carbocycles. The number of hydrogen-bond donors (Lipinski definition) is 3. The van der Waals surface area contributed by atoms with Crippen LogP contribution in [0.4, 0.5) is 11.4 Å². The van der Waals surface area contributed by atoms with Crippen LogP contribution < -0.4 is 15.4 Å². The lowest BCUT2D eigenvalue weighted by Gasteiger charge is -2.17. The Morgan fingerprint density at radius 3 is 2.21 bits per heavy atom. The molecule has 0 aliphatic rings. The third-order valence-electron chi connectivity index (χ3n) is 6.08. The fraction of sp³-hybridized carbons (Fsp3) is 0.133. The highest BCUT2D eigenvalue weighted by molar-refractivity contribution is 7.92. The van der Waals surface area contributed by atoms with Crippen LogP contribution in [0, 0.1) is 13.8 Å². The van der Waals surface area contributed by atoms with Crippen LogP contribution in [-0.4, -0.2) is 20.2 Å². The van der Waals surface area contributed by atoms with Crippen molar-refractivity contribution >= 4 is 33.2 Å². The van der Waals surface area contributed by atoms with E-state index in [1.165, 1.54) is 6.07 Å². The van der Waals surface area contributed by atoms with Gasteiger partial charge < -0.3 is 10.6 Å². The Labute approximate surface area is 223 Å². The average Bonchev–Trinajstić information content (AvgIpc) is 2.89. The SMILES string of the molecule is Cc1cccc(NS(=O)(=O)c2cc(C(=O)Nc3ccccc3C(=O)N[C@H](C)c3ccccc3)ccc2C)c1. The van der Waals surface area contributed by atoms with Gasteiger partial charge in [0.15, 0.2) is 0 Å². The van der Waals surface area contributed by atoms with Gasteiger partial charge in [0.2, 0.25) is 0 Å². The van der Waals surface area contributed by atoms with E-state index >= 15 is 0 Å². The summed E-state index contributed by atoms with van der Waals surface area (Å²) in [5.41, 5.74) is 3.56. The van der Waals surface area contributed by atoms with Crippen LogP contribution in [0.1, 0.15) is 50.4 Å². The highest BCUT2D eigenvalue weighted by Gasteiger charge is 2.21. The Morgan fingerprint density at radius 1 is 0.763 bits per heavy atom. The zero-order valence-electron chi connectivity index (χ0n) is 21.4. The molecule has 0 fully saturated rings. The second-order valence-electron chi connectivity index (χ2n) is 9.06. The lowest BCUT2D eigenvalue weighted by molar-refractivity contribution is 0.0940. The molecule has 0 saturated heterocycles. The molecule has 194 valence electrons. The van der Waals surface area contributed by atoms with Gasteiger partial charge in [-0.3, -0.25) is 14.3 Å². The molecular weight excluding hydrogens is 498 g/mol. The van der Waals surface area contributed by atoms with Crippen molar-refractivity contribution in [2.45, 2.75) is 31.7 Å². The molecule has 3 N–H and O–H groups in total. The summed E-state index contributed by atoms with van der Waals surface area (Å²) in [5, 5.41) is 5.71. The van der Waals surface area contributed by atoms with Crippen LogP contribution in [0.15, 0.2) is 102 Å². The average molecular weight is 528 g/mol. The largest absolute Gasteiger partial charge is 0.345 e. The van der Waals surface area contributed by atoms with E-state index in [1.807, 2.05) is 50.2 Å². The maximum absolute atomic E-state index is 13.2. The molecule has 38 heavy (non-hydrogen) atoms. The number of sulfonamides is 1. The van der Waals surface area contributed by atoms with E-state index in [9.17, 15) is 18.0 Å². The van der Waals surface area contributed by atoms with Gasteiger partial charge in [-0.05, 0) is 73.9 Å². The van der Waals surface area contributed by atoms with Gasteiger partial charge in [0, 0.05) is 11.3 Å². The number of para-hydroxylation sites is 1. The molecule has 0 heterocycles. The highest BCUT2D eigenvalue weighted by Crippen LogP contribution is 2.23. The lowest BCUT2D eigenvalue weighted by atomic mass is 10.1. The Morgan fingerprint density at radius 2 is 1.47 bits per heavy atom. The summed E-state index contributed by atoms with van der Waals surface area (Å²) in [6, 6.07) is 27.5. The minimum atomic E-state index is -3.95. The van der Waals surface area contributed by atoms with E-state index in [-0.39, 0.29) is 22.4 Å². The number of amides is 2. The Bertz CT molecular complexity index is 1580. The van der Waals surface area contributed by atoms with Gasteiger partial charge in [0.1, 0.15) is 0 Å². The first-order valence-corrected chi connectivity index (χ1v) is 13.6. The topological polar surface area (TPSA) is 104 Å². The molecule has 0 unspecified atom stereocenters. The molecule has 0 aliphatic heterocycles. The molecule has 8 heteroatoms. The van der Waals surface area contributed by atoms with E-state index < -0.39 is 15.9 Å². The fourth-order valence-corrected chi connectivity index (χ4v) is 5.35. The van der Waals surface area contributed by atoms with Crippen molar-refractivity contribution in [3.8, 4) is 0 Å². The van der Waals surface area contributed by atoms with Crippen LogP contribution in [-0.2, 0) is 10.0 Å². The first kappa shape index (κ1) is 26.6. The van der Waals surface area contributed by atoms with Gasteiger partial charge in [-0.1, -0.05) is 60.7 Å². The molecule has 4 aromatic carbocycles. The molecule has 2 amide bonds. The van der Waals surface area contributed by atoms with Crippen LogP contribution in [0.25, 0.3) is 0 Å². The van der Waals surface area contributed by atoms with Crippen molar-refractivity contribution in [3.05, 3.63) is 125 Å². The normalized spacial score (nSPS) is 11.9. The minimum absolute atomic E-state index is 0.00521. The van der Waals surface area contributed by atoms with Crippen LogP contribution in [0.5, 0.6) is 0 Å². The maximum atomic E-state index is 13.2. The number of carbonyl (C=O) groups is 2. The Balaban J connectivity index is 1.55. The molecule has 0 radical (unpaired) electrons. The molecule has 0 spiro atoms. The summed E-state index contributed by atoms with van der Waals surface area (Å²) in [7, 11) is -3.95. The number of rotatable bonds is 8. The van der Waals surface area contributed by atoms with Gasteiger partial charge in [-0.15, -0.1) is 0 Å². The second kappa shape index (κ2) is 11.3. The maximum Gasteiger partial charge on any atom is 0.262 e. The van der Waals surface area contributed by atoms with Gasteiger partial charge in [0.25, 0.3) is 21.8 Å². The summed E-state index contributed by atoms with van der Waals surface area (Å²) in [4.78, 5) is 26.2. The van der Waals surface area contributed by atoms with Crippen LogP contribution >= 0.6 is 0 Å². The van der Waals surface area contributed by atoms with Crippen molar-refractivity contribution < 1.29 is 18.0 Å². The Kier molecular flexibility index (Phi) is 7.93. The van der Waals surface area contributed by atoms with Crippen molar-refractivity contribution in [1.82, 2.24) is 5.32 Å². The van der Waals surface area contributed by atoms with Crippen molar-refractivity contribution in [1.29, 1.82) is 0 Å². The summed E-state index contributed by atoms with van der Waals surface area (Å²) in [6.07, 6.45) is 0. The monoisotopic (exact) mass is 527 g/mol. The molecule has 4 aromatic rings. The van der Waals surface area contributed by atoms with E-state index in [2.05, 4.69) is 15.4 Å². The van der Waals surface area contributed by atoms with E-state index in [1.54, 1.807) is 61.5 Å². The van der Waals surface area contributed by atoms with Gasteiger partial charge in [0.05, 0.1) is 22.2 Å². The van der Waals surface area contributed by atoms with Crippen molar-refractivity contribution in [2.24, 2.45) is 0 Å².